The zero-order valence-corrected chi connectivity index (χ0v) is 7.64. The van der Waals surface area contributed by atoms with Crippen LogP contribution in [0.15, 0.2) is 24.3 Å². The lowest BCUT2D eigenvalue weighted by atomic mass is 10.1. The van der Waals surface area contributed by atoms with Crippen LogP contribution in [-0.2, 0) is 4.79 Å². The van der Waals surface area contributed by atoms with Crippen molar-refractivity contribution in [2.45, 2.75) is 0 Å². The second-order valence-electron chi connectivity index (χ2n) is 3.14. The van der Waals surface area contributed by atoms with E-state index in [0.29, 0.717) is 0 Å². The fourth-order valence-electron chi connectivity index (χ4n) is 1.52. The topological polar surface area (TPSA) is 74.7 Å². The van der Waals surface area contributed by atoms with Gasteiger partial charge in [-0.1, -0.05) is 12.1 Å². The van der Waals surface area contributed by atoms with Gasteiger partial charge in [0.15, 0.2) is 0 Å². The van der Waals surface area contributed by atoms with Crippen LogP contribution in [0.25, 0.3) is 0 Å². The number of hydrogen-bond acceptors (Lipinski definition) is 3. The Morgan fingerprint density at radius 1 is 1.13 bits per heavy atom. The van der Waals surface area contributed by atoms with E-state index in [1.54, 1.807) is 12.1 Å². The predicted molar refractivity (Wildman–Crippen MR) is 49.4 cm³/mol. The van der Waals surface area contributed by atoms with Crippen LogP contribution in [0.5, 0.6) is 0 Å². The second-order valence-corrected chi connectivity index (χ2v) is 3.14. The van der Waals surface area contributed by atoms with Crippen molar-refractivity contribution in [2.75, 3.05) is 6.54 Å². The van der Waals surface area contributed by atoms with E-state index in [1.165, 1.54) is 12.1 Å². The normalized spacial score (nSPS) is 14.3. The zero-order valence-electron chi connectivity index (χ0n) is 7.64. The van der Waals surface area contributed by atoms with Crippen LogP contribution >= 0.6 is 0 Å². The molecule has 1 aromatic rings. The number of hydrogen-bond donors (Lipinski definition) is 1. The maximum Gasteiger partial charge on any atom is 0.323 e. The summed E-state index contributed by atoms with van der Waals surface area (Å²) in [5.74, 6) is -2.29. The van der Waals surface area contributed by atoms with Crippen LogP contribution in [0.2, 0.25) is 0 Å². The van der Waals surface area contributed by atoms with Crippen LogP contribution < -0.4 is 0 Å². The van der Waals surface area contributed by atoms with Gasteiger partial charge in [0.1, 0.15) is 6.54 Å². The number of amides is 2. The molecule has 0 atom stereocenters. The highest BCUT2D eigenvalue weighted by molar-refractivity contribution is 6.22. The summed E-state index contributed by atoms with van der Waals surface area (Å²) in [5.41, 5.74) is 0.535. The molecule has 15 heavy (non-hydrogen) atoms. The molecular formula is C10H7NO4. The number of carboxylic acids is 1. The van der Waals surface area contributed by atoms with Crippen LogP contribution in [0, 0.1) is 0 Å². The van der Waals surface area contributed by atoms with Gasteiger partial charge in [0, 0.05) is 0 Å². The minimum Gasteiger partial charge on any atom is -0.480 e. The Kier molecular flexibility index (Phi) is 2.00. The molecule has 1 aliphatic rings. The van der Waals surface area contributed by atoms with Gasteiger partial charge in [-0.3, -0.25) is 19.3 Å². The summed E-state index contributed by atoms with van der Waals surface area (Å²) in [4.78, 5) is 34.3. The lowest BCUT2D eigenvalue weighted by Crippen LogP contribution is -2.34. The summed E-state index contributed by atoms with van der Waals surface area (Å²) in [6, 6.07) is 6.29. The lowest BCUT2D eigenvalue weighted by molar-refractivity contribution is -0.137. The molecule has 5 nitrogen and oxygen atoms in total. The van der Waals surface area contributed by atoms with E-state index in [4.69, 9.17) is 5.11 Å². The molecule has 0 saturated carbocycles. The molecule has 0 unspecified atom stereocenters. The van der Waals surface area contributed by atoms with Gasteiger partial charge in [-0.25, -0.2) is 0 Å². The zero-order chi connectivity index (χ0) is 11.0. The number of carbonyl (C=O) groups is 3. The quantitative estimate of drug-likeness (QED) is 0.561. The first-order chi connectivity index (χ1) is 7.11. The van der Waals surface area contributed by atoms with Gasteiger partial charge in [-0.15, -0.1) is 0 Å². The lowest BCUT2D eigenvalue weighted by Gasteiger charge is -2.09. The van der Waals surface area contributed by atoms with Crippen molar-refractivity contribution in [3.05, 3.63) is 35.4 Å². The summed E-state index contributed by atoms with van der Waals surface area (Å²) in [6.45, 7) is -0.591. The standard InChI is InChI=1S/C10H7NO4/c12-8(13)5-11-9(14)6-3-1-2-4-7(6)10(11)15/h1-4H,5H2,(H,12,13)/i5+1,8+1. The molecule has 1 heterocycles. The van der Waals surface area contributed by atoms with Crippen LogP contribution in [-0.4, -0.2) is 34.3 Å². The van der Waals surface area contributed by atoms with E-state index in [2.05, 4.69) is 0 Å². The fourth-order valence-corrected chi connectivity index (χ4v) is 1.52. The Morgan fingerprint density at radius 2 is 1.60 bits per heavy atom. The Hall–Kier alpha value is -2.17. The third-order valence-corrected chi connectivity index (χ3v) is 2.17. The van der Waals surface area contributed by atoms with Gasteiger partial charge in [-0.05, 0) is 12.1 Å². The minimum absolute atomic E-state index is 0.267. The van der Waals surface area contributed by atoms with E-state index in [-0.39, 0.29) is 11.1 Å². The molecule has 0 bridgehead atoms. The number of benzene rings is 1. The first-order valence-corrected chi connectivity index (χ1v) is 4.28. The smallest absolute Gasteiger partial charge is 0.323 e. The van der Waals surface area contributed by atoms with E-state index in [1.807, 2.05) is 0 Å². The van der Waals surface area contributed by atoms with Gasteiger partial charge in [0.05, 0.1) is 11.1 Å². The second kappa shape index (κ2) is 3.20. The van der Waals surface area contributed by atoms with Gasteiger partial charge in [0.2, 0.25) is 0 Å². The highest BCUT2D eigenvalue weighted by atomic mass is 16.5. The Balaban J connectivity index is 2.41. The van der Waals surface area contributed by atoms with Gasteiger partial charge in [0.25, 0.3) is 11.8 Å². The molecule has 2 rings (SSSR count). The van der Waals surface area contributed by atoms with E-state index in [0.717, 1.165) is 4.90 Å². The van der Waals surface area contributed by atoms with Crippen molar-refractivity contribution < 1.29 is 19.5 Å². The van der Waals surface area contributed by atoms with Crippen molar-refractivity contribution in [1.82, 2.24) is 4.90 Å². The molecule has 0 radical (unpaired) electrons. The van der Waals surface area contributed by atoms with Crippen LogP contribution in [0.4, 0.5) is 0 Å². The minimum atomic E-state index is -1.20. The number of nitrogens with zero attached hydrogens (tertiary/aromatic N) is 1. The first-order valence-electron chi connectivity index (χ1n) is 4.28. The molecule has 76 valence electrons. The number of carboxylic acid groups (broad SMARTS) is 1. The highest BCUT2D eigenvalue weighted by Gasteiger charge is 2.35. The molecule has 0 aromatic heterocycles. The molecule has 1 aliphatic heterocycles. The van der Waals surface area contributed by atoms with Crippen LogP contribution in [0.1, 0.15) is 20.7 Å². The maximum atomic E-state index is 11.6. The average molecular weight is 207 g/mol. The summed E-state index contributed by atoms with van der Waals surface area (Å²) >= 11 is 0. The van der Waals surface area contributed by atoms with E-state index >= 15 is 0 Å². The van der Waals surface area contributed by atoms with E-state index < -0.39 is 24.3 Å². The Labute approximate surface area is 84.9 Å². The van der Waals surface area contributed by atoms with Crippen molar-refractivity contribution in [1.29, 1.82) is 0 Å². The Morgan fingerprint density at radius 3 is 2.00 bits per heavy atom. The highest BCUT2D eigenvalue weighted by Crippen LogP contribution is 2.21. The SMILES string of the molecule is O=C1c2ccccc2C(=O)N1[13CH2][13C](=O)O. The Bertz CT molecular complexity index is 431. The van der Waals surface area contributed by atoms with Crippen molar-refractivity contribution in [3.63, 3.8) is 0 Å². The predicted octanol–water partition coefficient (Wildman–Crippen LogP) is 0.367. The van der Waals surface area contributed by atoms with Crippen LogP contribution in [0.3, 0.4) is 0 Å². The van der Waals surface area contributed by atoms with Crippen molar-refractivity contribution >= 4 is 17.8 Å². The average Bonchev–Trinajstić information content (AvgIpc) is 2.44. The van der Waals surface area contributed by atoms with Gasteiger partial charge in [-0.2, -0.15) is 0 Å². The number of aliphatic carboxylic acids is 1. The van der Waals surface area contributed by atoms with E-state index in [9.17, 15) is 14.4 Å². The monoisotopic (exact) mass is 207 g/mol. The molecular weight excluding hydrogens is 200 g/mol. The fraction of sp³-hybridized carbons (Fsp3) is 0.100. The molecule has 1 N–H and O–H groups in total. The third-order valence-electron chi connectivity index (χ3n) is 2.17. The summed E-state index contributed by atoms with van der Waals surface area (Å²) in [5, 5.41) is 8.54. The molecule has 0 aliphatic carbocycles. The molecule has 0 spiro atoms. The summed E-state index contributed by atoms with van der Waals surface area (Å²) in [7, 11) is 0. The number of rotatable bonds is 2. The molecule has 1 aromatic carbocycles. The molecule has 2 amide bonds. The molecule has 0 fully saturated rings. The summed E-state index contributed by atoms with van der Waals surface area (Å²) < 4.78 is 0. The number of carbonyl (C=O) groups excluding carboxylic acids is 2. The van der Waals surface area contributed by atoms with Gasteiger partial charge < -0.3 is 5.11 Å². The first kappa shape index (κ1) is 9.39. The largest absolute Gasteiger partial charge is 0.480 e. The molecule has 0 saturated heterocycles. The molecule has 5 heteroatoms. The number of fused-ring (bicyclic) bond motifs is 1. The van der Waals surface area contributed by atoms with Crippen molar-refractivity contribution in [2.24, 2.45) is 0 Å². The summed E-state index contributed by atoms with van der Waals surface area (Å²) in [6.07, 6.45) is 0. The maximum absolute atomic E-state index is 11.6. The van der Waals surface area contributed by atoms with Crippen molar-refractivity contribution in [3.8, 4) is 0 Å². The third kappa shape index (κ3) is 1.38. The van der Waals surface area contributed by atoms with Gasteiger partial charge >= 0.3 is 5.97 Å². The number of imide groups is 1.